The fourth-order valence-corrected chi connectivity index (χ4v) is 5.39. The summed E-state index contributed by atoms with van der Waals surface area (Å²) in [5.74, 6) is 0.818. The molecule has 0 radical (unpaired) electrons. The number of hydrogen-bond donors (Lipinski definition) is 2. The predicted octanol–water partition coefficient (Wildman–Crippen LogP) is 4.69. The van der Waals surface area contributed by atoms with E-state index >= 15 is 0 Å². The second-order valence-corrected chi connectivity index (χ2v) is 9.06. The summed E-state index contributed by atoms with van der Waals surface area (Å²) < 4.78 is 13.1. The van der Waals surface area contributed by atoms with Crippen LogP contribution in [0.25, 0.3) is 10.1 Å². The number of aliphatic hydroxyl groups is 2. The van der Waals surface area contributed by atoms with Gasteiger partial charge in [-0.25, -0.2) is 0 Å². The quantitative estimate of drug-likeness (QED) is 0.638. The first-order valence-electron chi connectivity index (χ1n) is 10.1. The van der Waals surface area contributed by atoms with E-state index in [2.05, 4.69) is 50.2 Å². The summed E-state index contributed by atoms with van der Waals surface area (Å²) in [6.45, 7) is 4.13. The summed E-state index contributed by atoms with van der Waals surface area (Å²) in [4.78, 5) is 1.32. The van der Waals surface area contributed by atoms with E-state index < -0.39 is 6.10 Å². The maximum Gasteiger partial charge on any atom is 0.127 e. The van der Waals surface area contributed by atoms with Crippen molar-refractivity contribution in [2.45, 2.75) is 51.4 Å². The molecule has 0 amide bonds. The van der Waals surface area contributed by atoms with Crippen molar-refractivity contribution in [2.75, 3.05) is 13.7 Å². The van der Waals surface area contributed by atoms with Gasteiger partial charge in [0, 0.05) is 34.4 Å². The van der Waals surface area contributed by atoms with Gasteiger partial charge < -0.3 is 19.7 Å². The Morgan fingerprint density at radius 1 is 1.14 bits per heavy atom. The summed E-state index contributed by atoms with van der Waals surface area (Å²) in [6.07, 6.45) is 0.712. The number of fused-ring (bicyclic) bond motifs is 1. The number of thiophene rings is 1. The summed E-state index contributed by atoms with van der Waals surface area (Å²) in [6, 6.07) is 12.9. The van der Waals surface area contributed by atoms with Crippen molar-refractivity contribution in [3.05, 3.63) is 63.5 Å². The predicted molar refractivity (Wildman–Crippen MR) is 117 cm³/mol. The lowest BCUT2D eigenvalue weighted by Gasteiger charge is -2.34. The van der Waals surface area contributed by atoms with Crippen LogP contribution in [-0.2, 0) is 11.2 Å². The molecule has 0 bridgehead atoms. The largest absolute Gasteiger partial charge is 0.496 e. The van der Waals surface area contributed by atoms with Crippen LogP contribution in [-0.4, -0.2) is 36.1 Å². The molecule has 0 saturated carbocycles. The highest BCUT2D eigenvalue weighted by molar-refractivity contribution is 7.19. The molecule has 1 fully saturated rings. The highest BCUT2D eigenvalue weighted by atomic mass is 32.1. The van der Waals surface area contributed by atoms with Crippen molar-refractivity contribution >= 4 is 21.4 Å². The number of methoxy groups -OCH3 is 1. The Hall–Kier alpha value is -1.92. The highest BCUT2D eigenvalue weighted by Crippen LogP contribution is 2.41. The maximum absolute atomic E-state index is 10.3. The summed E-state index contributed by atoms with van der Waals surface area (Å²) in [7, 11) is 1.68. The molecule has 1 aromatic heterocycles. The van der Waals surface area contributed by atoms with Gasteiger partial charge in [0.25, 0.3) is 0 Å². The molecule has 0 aliphatic carbocycles. The Morgan fingerprint density at radius 3 is 2.66 bits per heavy atom. The van der Waals surface area contributed by atoms with E-state index in [4.69, 9.17) is 9.47 Å². The van der Waals surface area contributed by atoms with Gasteiger partial charge in [-0.1, -0.05) is 18.2 Å². The van der Waals surface area contributed by atoms with Gasteiger partial charge >= 0.3 is 0 Å². The molecule has 3 aromatic rings. The lowest BCUT2D eigenvalue weighted by Crippen LogP contribution is -2.33. The van der Waals surface area contributed by atoms with Gasteiger partial charge in [-0.3, -0.25) is 0 Å². The van der Waals surface area contributed by atoms with Crippen LogP contribution in [0.5, 0.6) is 5.75 Å². The summed E-state index contributed by atoms with van der Waals surface area (Å²) >= 11 is 1.83. The monoisotopic (exact) mass is 412 g/mol. The molecule has 3 atom stereocenters. The first kappa shape index (κ1) is 20.4. The van der Waals surface area contributed by atoms with Crippen LogP contribution in [0.4, 0.5) is 0 Å². The molecule has 2 heterocycles. The van der Waals surface area contributed by atoms with E-state index in [0.29, 0.717) is 12.8 Å². The molecule has 1 saturated heterocycles. The lowest BCUT2D eigenvalue weighted by molar-refractivity contribution is -0.114. The molecule has 154 valence electrons. The Labute approximate surface area is 175 Å². The highest BCUT2D eigenvalue weighted by Gasteiger charge is 2.32. The third-order valence-electron chi connectivity index (χ3n) is 5.95. The van der Waals surface area contributed by atoms with E-state index in [1.54, 1.807) is 7.11 Å². The zero-order valence-corrected chi connectivity index (χ0v) is 18.0. The fraction of sp³-hybridized carbons (Fsp3) is 0.417. The van der Waals surface area contributed by atoms with Crippen LogP contribution in [0.2, 0.25) is 0 Å². The molecule has 1 aliphatic heterocycles. The Balaban J connectivity index is 1.72. The van der Waals surface area contributed by atoms with Gasteiger partial charge in [0.15, 0.2) is 0 Å². The zero-order valence-electron chi connectivity index (χ0n) is 17.1. The van der Waals surface area contributed by atoms with E-state index in [1.165, 1.54) is 26.1 Å². The average molecular weight is 413 g/mol. The minimum Gasteiger partial charge on any atom is -0.496 e. The number of benzene rings is 2. The fourth-order valence-electron chi connectivity index (χ4n) is 4.30. The van der Waals surface area contributed by atoms with Crippen LogP contribution >= 0.6 is 11.3 Å². The Kier molecular flexibility index (Phi) is 5.93. The van der Waals surface area contributed by atoms with E-state index in [1.807, 2.05) is 11.3 Å². The molecular formula is C24H28O4S. The van der Waals surface area contributed by atoms with E-state index in [0.717, 1.165) is 23.3 Å². The third kappa shape index (κ3) is 4.05. The molecule has 5 heteroatoms. The zero-order chi connectivity index (χ0) is 20.5. The molecule has 0 spiro atoms. The standard InChI is InChI=1S/C24H28O4S/c1-14-15(2)24(27-3)21(22-12-18(26)11-19(13-25)28-22)10-17(14)9-20-8-16-6-4-5-7-23(16)29-20/h4-8,10,18-19,22,25-26H,9,11-13H2,1-3H3. The van der Waals surface area contributed by atoms with Gasteiger partial charge in [-0.05, 0) is 54.1 Å². The maximum atomic E-state index is 10.3. The molecule has 4 nitrogen and oxygen atoms in total. The minimum atomic E-state index is -0.483. The number of rotatable bonds is 5. The van der Waals surface area contributed by atoms with Crippen LogP contribution in [0.3, 0.4) is 0 Å². The van der Waals surface area contributed by atoms with Gasteiger partial charge in [-0.2, -0.15) is 0 Å². The molecule has 29 heavy (non-hydrogen) atoms. The SMILES string of the molecule is COc1c(C2CC(O)CC(CO)O2)cc(Cc2cc3ccccc3s2)c(C)c1C. The molecule has 2 aromatic carbocycles. The second kappa shape index (κ2) is 8.44. The first-order chi connectivity index (χ1) is 14.0. The van der Waals surface area contributed by atoms with Crippen LogP contribution in [0.1, 0.15) is 46.1 Å². The van der Waals surface area contributed by atoms with Gasteiger partial charge in [0.2, 0.25) is 0 Å². The van der Waals surface area contributed by atoms with E-state index in [-0.39, 0.29) is 18.8 Å². The molecular weight excluding hydrogens is 384 g/mol. The minimum absolute atomic E-state index is 0.0879. The van der Waals surface area contributed by atoms with Crippen molar-refractivity contribution < 1.29 is 19.7 Å². The lowest BCUT2D eigenvalue weighted by atomic mass is 9.89. The normalized spacial score (nSPS) is 22.2. The van der Waals surface area contributed by atoms with Crippen LogP contribution in [0.15, 0.2) is 36.4 Å². The van der Waals surface area contributed by atoms with Crippen LogP contribution in [0, 0.1) is 13.8 Å². The van der Waals surface area contributed by atoms with E-state index in [9.17, 15) is 10.2 Å². The molecule has 1 aliphatic rings. The smallest absolute Gasteiger partial charge is 0.127 e. The molecule has 2 N–H and O–H groups in total. The topological polar surface area (TPSA) is 58.9 Å². The van der Waals surface area contributed by atoms with Crippen molar-refractivity contribution in [2.24, 2.45) is 0 Å². The summed E-state index contributed by atoms with van der Waals surface area (Å²) in [5, 5.41) is 21.1. The number of ether oxygens (including phenoxy) is 2. The molecule has 3 unspecified atom stereocenters. The molecule has 4 rings (SSSR count). The van der Waals surface area contributed by atoms with Gasteiger partial charge in [0.1, 0.15) is 5.75 Å². The van der Waals surface area contributed by atoms with Crippen molar-refractivity contribution in [3.63, 3.8) is 0 Å². The van der Waals surface area contributed by atoms with Crippen LogP contribution < -0.4 is 4.74 Å². The Bertz CT molecular complexity index is 977. The van der Waals surface area contributed by atoms with Crippen molar-refractivity contribution in [3.8, 4) is 5.75 Å². The number of hydrogen-bond acceptors (Lipinski definition) is 5. The number of aliphatic hydroxyl groups excluding tert-OH is 2. The average Bonchev–Trinajstić information content (AvgIpc) is 3.13. The second-order valence-electron chi connectivity index (χ2n) is 7.89. The first-order valence-corrected chi connectivity index (χ1v) is 10.9. The van der Waals surface area contributed by atoms with Crippen molar-refractivity contribution in [1.82, 2.24) is 0 Å². The van der Waals surface area contributed by atoms with Gasteiger partial charge in [0.05, 0.1) is 32.0 Å². The summed E-state index contributed by atoms with van der Waals surface area (Å²) in [5.41, 5.74) is 4.53. The Morgan fingerprint density at radius 2 is 1.93 bits per heavy atom. The third-order valence-corrected chi connectivity index (χ3v) is 7.07. The van der Waals surface area contributed by atoms with Gasteiger partial charge in [-0.15, -0.1) is 11.3 Å². The van der Waals surface area contributed by atoms with Crippen molar-refractivity contribution in [1.29, 1.82) is 0 Å².